The van der Waals surface area contributed by atoms with E-state index in [1.54, 1.807) is 13.0 Å². The maximum absolute atomic E-state index is 11.5. The fourth-order valence-corrected chi connectivity index (χ4v) is 2.66. The number of furan rings is 1. The van der Waals surface area contributed by atoms with Gasteiger partial charge in [-0.2, -0.15) is 0 Å². The molecule has 0 atom stereocenters. The summed E-state index contributed by atoms with van der Waals surface area (Å²) in [5, 5.41) is 0. The van der Waals surface area contributed by atoms with Gasteiger partial charge in [0.1, 0.15) is 17.1 Å². The zero-order valence-electron chi connectivity index (χ0n) is 10.4. The minimum Gasteiger partial charge on any atom is -0.465 e. The van der Waals surface area contributed by atoms with E-state index >= 15 is 0 Å². The third-order valence-corrected chi connectivity index (χ3v) is 3.80. The van der Waals surface area contributed by atoms with Gasteiger partial charge in [0.15, 0.2) is 0 Å². The van der Waals surface area contributed by atoms with Crippen molar-refractivity contribution >= 4 is 5.97 Å². The van der Waals surface area contributed by atoms with Gasteiger partial charge >= 0.3 is 5.97 Å². The van der Waals surface area contributed by atoms with Gasteiger partial charge in [-0.1, -0.05) is 12.8 Å². The topological polar surface area (TPSA) is 65.5 Å². The van der Waals surface area contributed by atoms with E-state index in [1.165, 1.54) is 20.0 Å². The van der Waals surface area contributed by atoms with E-state index < -0.39 is 0 Å². The highest BCUT2D eigenvalue weighted by Crippen LogP contribution is 2.41. The number of ether oxygens (including phenoxy) is 1. The van der Waals surface area contributed by atoms with E-state index in [4.69, 9.17) is 14.9 Å². The summed E-state index contributed by atoms with van der Waals surface area (Å²) in [5.74, 6) is 1.12. The lowest BCUT2D eigenvalue weighted by Gasteiger charge is -2.24. The minimum atomic E-state index is -0.345. The maximum Gasteiger partial charge on any atom is 0.341 e. The van der Waals surface area contributed by atoms with Crippen molar-refractivity contribution in [3.8, 4) is 0 Å². The molecule has 0 amide bonds. The van der Waals surface area contributed by atoms with Gasteiger partial charge < -0.3 is 14.9 Å². The summed E-state index contributed by atoms with van der Waals surface area (Å²) in [5.41, 5.74) is 6.34. The highest BCUT2D eigenvalue weighted by molar-refractivity contribution is 5.90. The van der Waals surface area contributed by atoms with Crippen molar-refractivity contribution in [3.63, 3.8) is 0 Å². The molecule has 0 unspecified atom stereocenters. The maximum atomic E-state index is 11.5. The van der Waals surface area contributed by atoms with Crippen LogP contribution in [0, 0.1) is 6.92 Å². The molecule has 1 aromatic heterocycles. The third kappa shape index (κ3) is 1.97. The molecule has 1 aliphatic rings. The highest BCUT2D eigenvalue weighted by Gasteiger charge is 2.38. The zero-order valence-corrected chi connectivity index (χ0v) is 10.4. The number of nitrogens with two attached hydrogens (primary N) is 1. The van der Waals surface area contributed by atoms with E-state index in [-0.39, 0.29) is 11.4 Å². The molecule has 1 fully saturated rings. The first kappa shape index (κ1) is 12.2. The Labute approximate surface area is 101 Å². The Morgan fingerprint density at radius 2 is 2.18 bits per heavy atom. The summed E-state index contributed by atoms with van der Waals surface area (Å²) in [4.78, 5) is 11.5. The molecule has 1 heterocycles. The standard InChI is InChI=1S/C13H19NO3/c1-9-10(12(15)16-2)7-11(17-9)13(8-14)5-3-4-6-13/h7H,3-6,8,14H2,1-2H3. The Kier molecular flexibility index (Phi) is 3.24. The van der Waals surface area contributed by atoms with Crippen LogP contribution in [0.4, 0.5) is 0 Å². The minimum absolute atomic E-state index is 0.0724. The Morgan fingerprint density at radius 1 is 1.53 bits per heavy atom. The first-order valence-corrected chi connectivity index (χ1v) is 6.02. The van der Waals surface area contributed by atoms with Crippen LogP contribution in [0.15, 0.2) is 10.5 Å². The fraction of sp³-hybridized carbons (Fsp3) is 0.615. The monoisotopic (exact) mass is 237 g/mol. The van der Waals surface area contributed by atoms with Crippen LogP contribution in [0.1, 0.15) is 47.6 Å². The van der Waals surface area contributed by atoms with Crippen LogP contribution in [-0.2, 0) is 10.2 Å². The van der Waals surface area contributed by atoms with Gasteiger partial charge in [0.25, 0.3) is 0 Å². The molecule has 2 N–H and O–H groups in total. The van der Waals surface area contributed by atoms with Crippen LogP contribution in [0.3, 0.4) is 0 Å². The molecule has 1 aromatic rings. The molecule has 0 bridgehead atoms. The van der Waals surface area contributed by atoms with Gasteiger partial charge in [0, 0.05) is 12.0 Å². The summed E-state index contributed by atoms with van der Waals surface area (Å²) < 4.78 is 10.5. The number of methoxy groups -OCH3 is 1. The lowest BCUT2D eigenvalue weighted by atomic mass is 9.83. The van der Waals surface area contributed by atoms with Gasteiger partial charge in [-0.15, -0.1) is 0 Å². The zero-order chi connectivity index (χ0) is 12.5. The summed E-state index contributed by atoms with van der Waals surface area (Å²) >= 11 is 0. The number of rotatable bonds is 3. The average Bonchev–Trinajstić information content (AvgIpc) is 2.95. The SMILES string of the molecule is COC(=O)c1cc(C2(CN)CCCC2)oc1C. The van der Waals surface area contributed by atoms with Crippen LogP contribution >= 0.6 is 0 Å². The molecule has 17 heavy (non-hydrogen) atoms. The Balaban J connectivity index is 2.36. The van der Waals surface area contributed by atoms with Crippen molar-refractivity contribution in [3.05, 3.63) is 23.2 Å². The third-order valence-electron chi connectivity index (χ3n) is 3.80. The molecule has 0 saturated heterocycles. The van der Waals surface area contributed by atoms with Crippen LogP contribution < -0.4 is 5.73 Å². The Bertz CT molecular complexity index is 416. The van der Waals surface area contributed by atoms with Crippen molar-refractivity contribution in [1.29, 1.82) is 0 Å². The average molecular weight is 237 g/mol. The summed E-state index contributed by atoms with van der Waals surface area (Å²) in [6, 6.07) is 1.80. The first-order valence-electron chi connectivity index (χ1n) is 6.02. The van der Waals surface area contributed by atoms with Crippen LogP contribution in [0.25, 0.3) is 0 Å². The van der Waals surface area contributed by atoms with Crippen molar-refractivity contribution in [2.24, 2.45) is 5.73 Å². The molecular formula is C13H19NO3. The Morgan fingerprint density at radius 3 is 2.71 bits per heavy atom. The summed E-state index contributed by atoms with van der Waals surface area (Å²) in [6.45, 7) is 2.36. The van der Waals surface area contributed by atoms with Crippen LogP contribution in [-0.4, -0.2) is 19.6 Å². The molecule has 4 heteroatoms. The van der Waals surface area contributed by atoms with E-state index in [0.717, 1.165) is 18.6 Å². The van der Waals surface area contributed by atoms with E-state index in [0.29, 0.717) is 17.9 Å². The van der Waals surface area contributed by atoms with E-state index in [2.05, 4.69) is 0 Å². The van der Waals surface area contributed by atoms with E-state index in [1.807, 2.05) is 0 Å². The van der Waals surface area contributed by atoms with Crippen LogP contribution in [0.5, 0.6) is 0 Å². The predicted octanol–water partition coefficient (Wildman–Crippen LogP) is 2.15. The smallest absolute Gasteiger partial charge is 0.341 e. The van der Waals surface area contributed by atoms with Gasteiger partial charge in [-0.05, 0) is 25.8 Å². The molecule has 0 aromatic carbocycles. The number of hydrogen-bond donors (Lipinski definition) is 1. The van der Waals surface area contributed by atoms with Gasteiger partial charge in [-0.3, -0.25) is 0 Å². The van der Waals surface area contributed by atoms with Crippen molar-refractivity contribution in [2.45, 2.75) is 38.0 Å². The normalized spacial score (nSPS) is 18.3. The van der Waals surface area contributed by atoms with Gasteiger partial charge in [-0.25, -0.2) is 4.79 Å². The number of hydrogen-bond acceptors (Lipinski definition) is 4. The van der Waals surface area contributed by atoms with Crippen molar-refractivity contribution in [1.82, 2.24) is 0 Å². The Hall–Kier alpha value is -1.29. The summed E-state index contributed by atoms with van der Waals surface area (Å²) in [7, 11) is 1.38. The molecular weight excluding hydrogens is 218 g/mol. The highest BCUT2D eigenvalue weighted by atomic mass is 16.5. The van der Waals surface area contributed by atoms with E-state index in [9.17, 15) is 4.79 Å². The predicted molar refractivity (Wildman–Crippen MR) is 64.0 cm³/mol. The van der Waals surface area contributed by atoms with Crippen LogP contribution in [0.2, 0.25) is 0 Å². The van der Waals surface area contributed by atoms with Gasteiger partial charge in [0.2, 0.25) is 0 Å². The second-order valence-corrected chi connectivity index (χ2v) is 4.76. The number of esters is 1. The second kappa shape index (κ2) is 4.53. The lowest BCUT2D eigenvalue weighted by Crippen LogP contribution is -2.31. The molecule has 0 spiro atoms. The van der Waals surface area contributed by atoms with Crippen molar-refractivity contribution in [2.75, 3.05) is 13.7 Å². The lowest BCUT2D eigenvalue weighted by molar-refractivity contribution is 0.0599. The molecule has 1 aliphatic carbocycles. The number of carbonyl (C=O) groups excluding carboxylic acids is 1. The number of aryl methyl sites for hydroxylation is 1. The molecule has 1 saturated carbocycles. The number of carbonyl (C=O) groups is 1. The second-order valence-electron chi connectivity index (χ2n) is 4.76. The molecule has 2 rings (SSSR count). The molecule has 4 nitrogen and oxygen atoms in total. The largest absolute Gasteiger partial charge is 0.465 e. The first-order chi connectivity index (χ1) is 8.13. The van der Waals surface area contributed by atoms with Gasteiger partial charge in [0.05, 0.1) is 7.11 Å². The molecule has 0 aliphatic heterocycles. The molecule has 94 valence electrons. The van der Waals surface area contributed by atoms with Crippen molar-refractivity contribution < 1.29 is 13.9 Å². The molecule has 0 radical (unpaired) electrons. The quantitative estimate of drug-likeness (QED) is 0.818. The summed E-state index contributed by atoms with van der Waals surface area (Å²) in [6.07, 6.45) is 4.42. The fourth-order valence-electron chi connectivity index (χ4n) is 2.66.